The zero-order valence-corrected chi connectivity index (χ0v) is 29.6. The van der Waals surface area contributed by atoms with E-state index in [1.54, 1.807) is 0 Å². The van der Waals surface area contributed by atoms with Gasteiger partial charge >= 0.3 is 0 Å². The van der Waals surface area contributed by atoms with E-state index in [1.807, 2.05) is 12.1 Å². The topological polar surface area (TPSA) is 16.4 Å². The molecular formula is C52H35NO. The number of anilines is 3. The fourth-order valence-electron chi connectivity index (χ4n) is 7.89. The third-order valence-electron chi connectivity index (χ3n) is 10.5. The molecule has 0 unspecified atom stereocenters. The van der Waals surface area contributed by atoms with Crippen LogP contribution in [0, 0.1) is 0 Å². The maximum atomic E-state index is 6.37. The smallest absolute Gasteiger partial charge is 0.137 e. The number of hydrogen-bond acceptors (Lipinski definition) is 2. The molecule has 2 heteroatoms. The highest BCUT2D eigenvalue weighted by molar-refractivity contribution is 6.13. The van der Waals surface area contributed by atoms with Crippen molar-refractivity contribution in [1.82, 2.24) is 0 Å². The predicted molar refractivity (Wildman–Crippen MR) is 228 cm³/mol. The van der Waals surface area contributed by atoms with Crippen LogP contribution in [0.4, 0.5) is 17.1 Å². The molecule has 0 amide bonds. The van der Waals surface area contributed by atoms with Crippen LogP contribution in [0.15, 0.2) is 217 Å². The predicted octanol–water partition coefficient (Wildman–Crippen LogP) is 14.9. The zero-order valence-electron chi connectivity index (χ0n) is 29.6. The van der Waals surface area contributed by atoms with Crippen LogP contribution in [0.2, 0.25) is 0 Å². The first-order chi connectivity index (χ1) is 26.8. The molecule has 0 aliphatic rings. The van der Waals surface area contributed by atoms with Crippen molar-refractivity contribution in [2.75, 3.05) is 4.90 Å². The molecule has 1 heterocycles. The molecule has 0 aliphatic carbocycles. The number of rotatable bonds is 7. The summed E-state index contributed by atoms with van der Waals surface area (Å²) in [6.45, 7) is 0. The van der Waals surface area contributed by atoms with E-state index in [9.17, 15) is 0 Å². The molecule has 0 spiro atoms. The van der Waals surface area contributed by atoms with Gasteiger partial charge in [0.2, 0.25) is 0 Å². The molecule has 9 aromatic carbocycles. The maximum absolute atomic E-state index is 6.37. The molecule has 1 aromatic heterocycles. The van der Waals surface area contributed by atoms with E-state index in [4.69, 9.17) is 4.42 Å². The highest BCUT2D eigenvalue weighted by atomic mass is 16.3. The van der Waals surface area contributed by atoms with Gasteiger partial charge in [-0.1, -0.05) is 164 Å². The van der Waals surface area contributed by atoms with Crippen molar-refractivity contribution in [3.63, 3.8) is 0 Å². The number of nitrogens with zero attached hydrogens (tertiary/aromatic N) is 1. The Labute approximate surface area is 314 Å². The minimum atomic E-state index is 0.870. The number of fused-ring (bicyclic) bond motifs is 4. The van der Waals surface area contributed by atoms with E-state index in [1.165, 1.54) is 55.3 Å². The average Bonchev–Trinajstić information content (AvgIpc) is 3.64. The summed E-state index contributed by atoms with van der Waals surface area (Å²) in [5.74, 6) is 0. The van der Waals surface area contributed by atoms with Crippen molar-refractivity contribution in [1.29, 1.82) is 0 Å². The zero-order chi connectivity index (χ0) is 35.8. The van der Waals surface area contributed by atoms with E-state index < -0.39 is 0 Å². The lowest BCUT2D eigenvalue weighted by Crippen LogP contribution is -2.10. The second kappa shape index (κ2) is 13.4. The van der Waals surface area contributed by atoms with Crippen LogP contribution < -0.4 is 4.90 Å². The summed E-state index contributed by atoms with van der Waals surface area (Å²) < 4.78 is 6.37. The van der Waals surface area contributed by atoms with Gasteiger partial charge in [-0.05, 0) is 104 Å². The molecule has 10 rings (SSSR count). The summed E-state index contributed by atoms with van der Waals surface area (Å²) in [6, 6.07) is 75.8. The number of hydrogen-bond donors (Lipinski definition) is 0. The van der Waals surface area contributed by atoms with Gasteiger partial charge in [0.05, 0.1) is 11.1 Å². The van der Waals surface area contributed by atoms with Gasteiger partial charge in [-0.2, -0.15) is 0 Å². The Morgan fingerprint density at radius 3 is 1.54 bits per heavy atom. The summed E-state index contributed by atoms with van der Waals surface area (Å²) in [5.41, 5.74) is 14.6. The summed E-state index contributed by atoms with van der Waals surface area (Å²) >= 11 is 0. The van der Waals surface area contributed by atoms with Crippen molar-refractivity contribution in [3.05, 3.63) is 212 Å². The van der Waals surface area contributed by atoms with Gasteiger partial charge in [0, 0.05) is 16.8 Å². The minimum absolute atomic E-state index is 0.870. The van der Waals surface area contributed by atoms with Crippen LogP contribution >= 0.6 is 0 Å². The number of furan rings is 1. The van der Waals surface area contributed by atoms with Crippen molar-refractivity contribution >= 4 is 49.8 Å². The first-order valence-corrected chi connectivity index (χ1v) is 18.4. The number of para-hydroxylation sites is 1. The summed E-state index contributed by atoms with van der Waals surface area (Å²) in [4.78, 5) is 2.36. The van der Waals surface area contributed by atoms with Gasteiger partial charge in [0.15, 0.2) is 0 Å². The van der Waals surface area contributed by atoms with E-state index >= 15 is 0 Å². The third kappa shape index (κ3) is 5.62. The molecule has 10 aromatic rings. The van der Waals surface area contributed by atoms with Crippen LogP contribution in [-0.4, -0.2) is 0 Å². The Morgan fingerprint density at radius 2 is 0.833 bits per heavy atom. The standard InChI is InChI=1S/C52H35NO/c1-3-13-37(14-4-1)44-18-7-8-19-45(44)40-29-33-43(34-30-40)53(49-22-12-24-51-52(49)47-20-9-10-23-50(47)54-51)42-31-27-36(28-32-42)41-26-25-39-17-11-21-46(48(39)35-41)38-15-5-2-6-16-38/h1-35H. The fraction of sp³-hybridized carbons (Fsp3) is 0. The van der Waals surface area contributed by atoms with E-state index in [2.05, 4.69) is 205 Å². The molecule has 0 N–H and O–H groups in total. The Morgan fingerprint density at radius 1 is 0.315 bits per heavy atom. The monoisotopic (exact) mass is 689 g/mol. The second-order valence-electron chi connectivity index (χ2n) is 13.7. The Hall–Kier alpha value is -7.16. The van der Waals surface area contributed by atoms with Crippen LogP contribution in [0.25, 0.3) is 77.2 Å². The summed E-state index contributed by atoms with van der Waals surface area (Å²) in [7, 11) is 0. The minimum Gasteiger partial charge on any atom is -0.456 e. The molecule has 254 valence electrons. The lowest BCUT2D eigenvalue weighted by atomic mass is 9.94. The molecule has 0 aliphatic heterocycles. The van der Waals surface area contributed by atoms with Crippen LogP contribution in [0.5, 0.6) is 0 Å². The first-order valence-electron chi connectivity index (χ1n) is 18.4. The average molecular weight is 690 g/mol. The van der Waals surface area contributed by atoms with Gasteiger partial charge in [-0.25, -0.2) is 0 Å². The lowest BCUT2D eigenvalue weighted by Gasteiger charge is -2.27. The molecule has 0 bridgehead atoms. The van der Waals surface area contributed by atoms with Crippen molar-refractivity contribution < 1.29 is 4.42 Å². The van der Waals surface area contributed by atoms with Crippen LogP contribution in [0.3, 0.4) is 0 Å². The van der Waals surface area contributed by atoms with Crippen molar-refractivity contribution in [2.45, 2.75) is 0 Å². The molecule has 0 saturated carbocycles. The number of benzene rings is 9. The quantitative estimate of drug-likeness (QED) is 0.166. The molecule has 0 fully saturated rings. The third-order valence-corrected chi connectivity index (χ3v) is 10.5. The molecule has 54 heavy (non-hydrogen) atoms. The fourth-order valence-corrected chi connectivity index (χ4v) is 7.89. The Balaban J connectivity index is 1.09. The Bertz CT molecular complexity index is 2910. The molecular weight excluding hydrogens is 655 g/mol. The largest absolute Gasteiger partial charge is 0.456 e. The van der Waals surface area contributed by atoms with Gasteiger partial charge in [0.25, 0.3) is 0 Å². The highest BCUT2D eigenvalue weighted by Crippen LogP contribution is 2.44. The molecule has 0 saturated heterocycles. The molecule has 0 radical (unpaired) electrons. The molecule has 2 nitrogen and oxygen atoms in total. The van der Waals surface area contributed by atoms with E-state index in [0.29, 0.717) is 0 Å². The van der Waals surface area contributed by atoms with Crippen molar-refractivity contribution in [2.24, 2.45) is 0 Å². The van der Waals surface area contributed by atoms with Gasteiger partial charge in [-0.3, -0.25) is 0 Å². The second-order valence-corrected chi connectivity index (χ2v) is 13.7. The van der Waals surface area contributed by atoms with E-state index in [-0.39, 0.29) is 0 Å². The van der Waals surface area contributed by atoms with Crippen LogP contribution in [-0.2, 0) is 0 Å². The van der Waals surface area contributed by atoms with Gasteiger partial charge in [-0.15, -0.1) is 0 Å². The summed E-state index contributed by atoms with van der Waals surface area (Å²) in [5, 5.41) is 4.68. The maximum Gasteiger partial charge on any atom is 0.137 e. The SMILES string of the molecule is c1ccc(-c2ccccc2-c2ccc(N(c3ccc(-c4ccc5cccc(-c6ccccc6)c5c4)cc3)c3cccc4oc5ccccc5c34)cc2)cc1. The van der Waals surface area contributed by atoms with Gasteiger partial charge < -0.3 is 9.32 Å². The van der Waals surface area contributed by atoms with Crippen LogP contribution in [0.1, 0.15) is 0 Å². The molecule has 0 atom stereocenters. The summed E-state index contributed by atoms with van der Waals surface area (Å²) in [6.07, 6.45) is 0. The highest BCUT2D eigenvalue weighted by Gasteiger charge is 2.20. The van der Waals surface area contributed by atoms with Gasteiger partial charge in [0.1, 0.15) is 11.2 Å². The first kappa shape index (κ1) is 31.6. The van der Waals surface area contributed by atoms with E-state index in [0.717, 1.165) is 39.0 Å². The lowest BCUT2D eigenvalue weighted by molar-refractivity contribution is 0.669. The van der Waals surface area contributed by atoms with Crippen molar-refractivity contribution in [3.8, 4) is 44.5 Å². The Kier molecular flexibility index (Phi) is 7.85. The normalized spacial score (nSPS) is 11.3.